The Morgan fingerprint density at radius 3 is 2.95 bits per heavy atom. The Balaban J connectivity index is 2.06. The Morgan fingerprint density at radius 2 is 2.19 bits per heavy atom. The predicted molar refractivity (Wildman–Crippen MR) is 76.5 cm³/mol. The number of nitriles is 1. The van der Waals surface area contributed by atoms with Crippen molar-refractivity contribution in [3.63, 3.8) is 0 Å². The van der Waals surface area contributed by atoms with Crippen LogP contribution in [0.4, 0.5) is 5.82 Å². The average Bonchev–Trinajstić information content (AvgIpc) is 2.92. The molecule has 0 spiro atoms. The second kappa shape index (κ2) is 5.09. The first-order valence-electron chi connectivity index (χ1n) is 6.21. The van der Waals surface area contributed by atoms with Gasteiger partial charge < -0.3 is 15.0 Å². The highest BCUT2D eigenvalue weighted by atomic mass is 16.5. The van der Waals surface area contributed by atoms with Crippen molar-refractivity contribution >= 4 is 17.0 Å². The fourth-order valence-corrected chi connectivity index (χ4v) is 2.17. The fraction of sp³-hybridized carbons (Fsp3) is 0.143. The van der Waals surface area contributed by atoms with Gasteiger partial charge in [-0.25, -0.2) is 15.0 Å². The Bertz CT molecular complexity index is 848. The van der Waals surface area contributed by atoms with Crippen LogP contribution < -0.4 is 10.5 Å². The van der Waals surface area contributed by atoms with E-state index in [0.717, 1.165) is 5.56 Å². The zero-order valence-electron chi connectivity index (χ0n) is 11.3. The number of ether oxygens (including phenoxy) is 1. The number of anilines is 1. The fourth-order valence-electron chi connectivity index (χ4n) is 2.17. The maximum absolute atomic E-state index is 9.01. The third-order valence-electron chi connectivity index (χ3n) is 3.18. The van der Waals surface area contributed by atoms with Gasteiger partial charge in [0.15, 0.2) is 11.5 Å². The maximum atomic E-state index is 9.01. The number of hydrogen-bond donors (Lipinski definition) is 1. The molecule has 0 saturated heterocycles. The van der Waals surface area contributed by atoms with Crippen molar-refractivity contribution in [2.24, 2.45) is 0 Å². The molecule has 0 atom stereocenters. The molecule has 0 bridgehead atoms. The summed E-state index contributed by atoms with van der Waals surface area (Å²) in [6, 6.07) is 7.40. The van der Waals surface area contributed by atoms with E-state index in [9.17, 15) is 0 Å². The summed E-state index contributed by atoms with van der Waals surface area (Å²) >= 11 is 0. The van der Waals surface area contributed by atoms with Crippen molar-refractivity contribution in [1.82, 2.24) is 19.5 Å². The normalized spacial score (nSPS) is 10.5. The van der Waals surface area contributed by atoms with Gasteiger partial charge in [0, 0.05) is 5.56 Å². The molecule has 2 aromatic heterocycles. The molecule has 104 valence electrons. The molecular formula is C14H12N6O. The zero-order valence-corrected chi connectivity index (χ0v) is 11.3. The number of rotatable bonds is 3. The minimum absolute atomic E-state index is 0.344. The minimum atomic E-state index is 0.344. The SMILES string of the molecule is COc1ccc(C#N)cc1Cn1cnc2c(N)ncnc21. The molecule has 0 aliphatic heterocycles. The molecule has 1 aromatic carbocycles. The molecule has 2 heterocycles. The summed E-state index contributed by atoms with van der Waals surface area (Å²) in [5.74, 6) is 1.05. The Morgan fingerprint density at radius 1 is 1.33 bits per heavy atom. The van der Waals surface area contributed by atoms with Gasteiger partial charge >= 0.3 is 0 Å². The number of nitrogens with two attached hydrogens (primary N) is 1. The van der Waals surface area contributed by atoms with Crippen molar-refractivity contribution < 1.29 is 4.74 Å². The van der Waals surface area contributed by atoms with Crippen LogP contribution in [0.5, 0.6) is 5.75 Å². The molecule has 0 aliphatic carbocycles. The summed E-state index contributed by atoms with van der Waals surface area (Å²) in [6.07, 6.45) is 3.05. The summed E-state index contributed by atoms with van der Waals surface area (Å²) in [7, 11) is 1.59. The van der Waals surface area contributed by atoms with Gasteiger partial charge in [-0.15, -0.1) is 0 Å². The first kappa shape index (κ1) is 12.9. The molecule has 3 aromatic rings. The summed E-state index contributed by atoms with van der Waals surface area (Å²) in [4.78, 5) is 12.3. The summed E-state index contributed by atoms with van der Waals surface area (Å²) in [5, 5.41) is 9.01. The second-order valence-electron chi connectivity index (χ2n) is 4.44. The quantitative estimate of drug-likeness (QED) is 0.776. The lowest BCUT2D eigenvalue weighted by atomic mass is 10.1. The number of hydrogen-bond acceptors (Lipinski definition) is 6. The van der Waals surface area contributed by atoms with Crippen LogP contribution in [0.3, 0.4) is 0 Å². The minimum Gasteiger partial charge on any atom is -0.496 e. The Hall–Kier alpha value is -3.14. The van der Waals surface area contributed by atoms with Crippen LogP contribution >= 0.6 is 0 Å². The molecule has 0 unspecified atom stereocenters. The molecule has 0 saturated carbocycles. The molecule has 0 aliphatic rings. The van der Waals surface area contributed by atoms with Crippen molar-refractivity contribution in [2.45, 2.75) is 6.54 Å². The van der Waals surface area contributed by atoms with Gasteiger partial charge in [-0.2, -0.15) is 5.26 Å². The first-order chi connectivity index (χ1) is 10.2. The molecule has 3 rings (SSSR count). The van der Waals surface area contributed by atoms with Crippen LogP contribution in [-0.2, 0) is 6.54 Å². The smallest absolute Gasteiger partial charge is 0.165 e. The topological polar surface area (TPSA) is 103 Å². The number of imidazole rings is 1. The van der Waals surface area contributed by atoms with Crippen LogP contribution in [0.2, 0.25) is 0 Å². The third kappa shape index (κ3) is 2.23. The summed E-state index contributed by atoms with van der Waals surface area (Å²) in [6.45, 7) is 0.478. The van der Waals surface area contributed by atoms with Crippen molar-refractivity contribution in [1.29, 1.82) is 5.26 Å². The number of nitrogen functional groups attached to an aromatic ring is 1. The van der Waals surface area contributed by atoms with E-state index >= 15 is 0 Å². The number of nitrogens with zero attached hydrogens (tertiary/aromatic N) is 5. The number of methoxy groups -OCH3 is 1. The Kier molecular flexibility index (Phi) is 3.12. The van der Waals surface area contributed by atoms with E-state index in [2.05, 4.69) is 21.0 Å². The standard InChI is InChI=1S/C14H12N6O/c1-21-11-3-2-9(5-15)4-10(11)6-20-8-19-12-13(16)17-7-18-14(12)20/h2-4,7-8H,6H2,1H3,(H2,16,17,18). The highest BCUT2D eigenvalue weighted by Crippen LogP contribution is 2.23. The molecule has 2 N–H and O–H groups in total. The van der Waals surface area contributed by atoms with E-state index in [-0.39, 0.29) is 0 Å². The molecule has 7 nitrogen and oxygen atoms in total. The van der Waals surface area contributed by atoms with Gasteiger partial charge in [0.2, 0.25) is 0 Å². The highest BCUT2D eigenvalue weighted by molar-refractivity contribution is 5.81. The van der Waals surface area contributed by atoms with E-state index in [0.29, 0.717) is 34.8 Å². The van der Waals surface area contributed by atoms with E-state index in [1.807, 2.05) is 4.57 Å². The molecule has 0 amide bonds. The lowest BCUT2D eigenvalue weighted by molar-refractivity contribution is 0.408. The van der Waals surface area contributed by atoms with Gasteiger partial charge in [-0.3, -0.25) is 0 Å². The van der Waals surface area contributed by atoms with Crippen LogP contribution in [0.15, 0.2) is 30.9 Å². The van der Waals surface area contributed by atoms with Gasteiger partial charge in [-0.05, 0) is 18.2 Å². The summed E-state index contributed by atoms with van der Waals surface area (Å²) < 4.78 is 7.17. The monoisotopic (exact) mass is 280 g/mol. The largest absolute Gasteiger partial charge is 0.496 e. The van der Waals surface area contributed by atoms with E-state index < -0.39 is 0 Å². The third-order valence-corrected chi connectivity index (χ3v) is 3.18. The maximum Gasteiger partial charge on any atom is 0.165 e. The molecular weight excluding hydrogens is 268 g/mol. The Labute approximate surface area is 120 Å². The van der Waals surface area contributed by atoms with Gasteiger partial charge in [0.25, 0.3) is 0 Å². The van der Waals surface area contributed by atoms with E-state index in [4.69, 9.17) is 15.7 Å². The van der Waals surface area contributed by atoms with Crippen LogP contribution in [0, 0.1) is 11.3 Å². The lowest BCUT2D eigenvalue weighted by Crippen LogP contribution is -2.03. The molecule has 7 heteroatoms. The molecule has 0 radical (unpaired) electrons. The number of fused-ring (bicyclic) bond motifs is 1. The zero-order chi connectivity index (χ0) is 14.8. The molecule has 21 heavy (non-hydrogen) atoms. The average molecular weight is 280 g/mol. The number of aromatic nitrogens is 4. The van der Waals surface area contributed by atoms with Crippen molar-refractivity contribution in [3.8, 4) is 11.8 Å². The van der Waals surface area contributed by atoms with E-state index in [1.165, 1.54) is 6.33 Å². The van der Waals surface area contributed by atoms with Gasteiger partial charge in [-0.1, -0.05) is 0 Å². The van der Waals surface area contributed by atoms with Crippen LogP contribution in [0.25, 0.3) is 11.2 Å². The van der Waals surface area contributed by atoms with Crippen LogP contribution in [0.1, 0.15) is 11.1 Å². The van der Waals surface area contributed by atoms with Crippen LogP contribution in [-0.4, -0.2) is 26.6 Å². The summed E-state index contributed by atoms with van der Waals surface area (Å²) in [5.41, 5.74) is 8.42. The van der Waals surface area contributed by atoms with E-state index in [1.54, 1.807) is 31.6 Å². The highest BCUT2D eigenvalue weighted by Gasteiger charge is 2.11. The lowest BCUT2D eigenvalue weighted by Gasteiger charge is -2.10. The molecule has 0 fully saturated rings. The van der Waals surface area contributed by atoms with Gasteiger partial charge in [0.1, 0.15) is 17.6 Å². The first-order valence-corrected chi connectivity index (χ1v) is 6.21. The number of benzene rings is 1. The predicted octanol–water partition coefficient (Wildman–Crippen LogP) is 1.34. The van der Waals surface area contributed by atoms with Crippen molar-refractivity contribution in [3.05, 3.63) is 42.0 Å². The van der Waals surface area contributed by atoms with Crippen molar-refractivity contribution in [2.75, 3.05) is 12.8 Å². The van der Waals surface area contributed by atoms with Gasteiger partial charge in [0.05, 0.1) is 31.6 Å². The second-order valence-corrected chi connectivity index (χ2v) is 4.44.